The molecule has 0 unspecified atom stereocenters. The molecule has 0 N–H and O–H groups in total. The smallest absolute Gasteiger partial charge is 0.279 e. The van der Waals surface area contributed by atoms with Gasteiger partial charge in [-0.2, -0.15) is 36.9 Å². The van der Waals surface area contributed by atoms with Crippen molar-refractivity contribution in [1.82, 2.24) is 9.80 Å². The first kappa shape index (κ1) is 33.2. The Hall–Kier alpha value is -5.12. The number of benzene rings is 2. The van der Waals surface area contributed by atoms with Crippen LogP contribution in [0.25, 0.3) is 0 Å². The molecule has 3 fully saturated rings. The van der Waals surface area contributed by atoms with Crippen LogP contribution < -0.4 is 9.80 Å². The fraction of sp³-hybridized carbons (Fsp3) is 0.419. The standard InChI is InChI=1S/C31H26F6N6O4/c1-28(2)24(44)40(26(46)42(28)20-7-5-16(12-38)22(10-20)30(32,33)34)14-18-9-19(18)15-41-25(45)29(3,4)43(27(41)47)21-8-6-17(13-39)23(11-21)31(35,36)37/h5-8,10-11,18-19H,9,14-15H2,1-4H3/t18-,19-/m0/s1. The predicted molar refractivity (Wildman–Crippen MR) is 151 cm³/mol. The minimum atomic E-state index is -4.89. The molecule has 0 aromatic heterocycles. The third-order valence-corrected chi connectivity index (χ3v) is 8.78. The van der Waals surface area contributed by atoms with E-state index in [1.807, 2.05) is 0 Å². The van der Waals surface area contributed by atoms with Gasteiger partial charge < -0.3 is 0 Å². The lowest BCUT2D eigenvalue weighted by atomic mass is 10.0. The van der Waals surface area contributed by atoms with Crippen LogP contribution in [-0.2, 0) is 21.9 Å². The molecule has 2 aliphatic heterocycles. The summed E-state index contributed by atoms with van der Waals surface area (Å²) in [5.74, 6) is -2.13. The highest BCUT2D eigenvalue weighted by atomic mass is 19.4. The van der Waals surface area contributed by atoms with Crippen molar-refractivity contribution in [3.63, 3.8) is 0 Å². The van der Waals surface area contributed by atoms with Crippen LogP contribution in [0.2, 0.25) is 0 Å². The molecule has 2 heterocycles. The van der Waals surface area contributed by atoms with Crippen LogP contribution >= 0.6 is 0 Å². The summed E-state index contributed by atoms with van der Waals surface area (Å²) < 4.78 is 81.7. The Bertz CT molecular complexity index is 1680. The number of nitrogens with zero attached hydrogens (tertiary/aromatic N) is 6. The zero-order valence-electron chi connectivity index (χ0n) is 25.3. The Morgan fingerprint density at radius 1 is 0.681 bits per heavy atom. The van der Waals surface area contributed by atoms with Crippen LogP contribution in [-0.4, -0.2) is 57.8 Å². The lowest BCUT2D eigenvalue weighted by Gasteiger charge is -2.28. The van der Waals surface area contributed by atoms with Crippen molar-refractivity contribution in [2.45, 2.75) is 57.5 Å². The van der Waals surface area contributed by atoms with Crippen molar-refractivity contribution in [3.05, 3.63) is 58.7 Å². The zero-order valence-corrected chi connectivity index (χ0v) is 25.3. The molecule has 2 atom stereocenters. The van der Waals surface area contributed by atoms with Crippen molar-refractivity contribution in [2.24, 2.45) is 11.8 Å². The number of carbonyl (C=O) groups excluding carboxylic acids is 4. The van der Waals surface area contributed by atoms with Crippen LogP contribution in [0.1, 0.15) is 56.4 Å². The third kappa shape index (κ3) is 5.41. The highest BCUT2D eigenvalue weighted by Crippen LogP contribution is 2.45. The minimum absolute atomic E-state index is 0.154. The molecule has 2 aromatic rings. The van der Waals surface area contributed by atoms with E-state index in [1.165, 1.54) is 39.8 Å². The Balaban J connectivity index is 1.33. The van der Waals surface area contributed by atoms with Crippen LogP contribution in [0.15, 0.2) is 36.4 Å². The van der Waals surface area contributed by atoms with Crippen molar-refractivity contribution < 1.29 is 45.5 Å². The van der Waals surface area contributed by atoms with Crippen LogP contribution in [0.3, 0.4) is 0 Å². The van der Waals surface area contributed by atoms with E-state index in [0.717, 1.165) is 43.9 Å². The van der Waals surface area contributed by atoms with Gasteiger partial charge in [-0.3, -0.25) is 29.2 Å². The molecular weight excluding hydrogens is 634 g/mol. The topological polar surface area (TPSA) is 129 Å². The summed E-state index contributed by atoms with van der Waals surface area (Å²) in [6.07, 6.45) is -9.42. The number of urea groups is 2. The van der Waals surface area contributed by atoms with Gasteiger partial charge in [-0.05, 0) is 82.3 Å². The Kier molecular flexibility index (Phi) is 7.58. The summed E-state index contributed by atoms with van der Waals surface area (Å²) >= 11 is 0. The van der Waals surface area contributed by atoms with E-state index < -0.39 is 69.6 Å². The van der Waals surface area contributed by atoms with Crippen LogP contribution in [0.4, 0.5) is 47.3 Å². The fourth-order valence-electron chi connectivity index (χ4n) is 6.17. The van der Waals surface area contributed by atoms with Gasteiger partial charge in [-0.25, -0.2) is 9.59 Å². The summed E-state index contributed by atoms with van der Waals surface area (Å²) in [6, 6.07) is 6.56. The van der Waals surface area contributed by atoms with Gasteiger partial charge >= 0.3 is 24.4 Å². The average molecular weight is 661 g/mol. The molecule has 10 nitrogen and oxygen atoms in total. The highest BCUT2D eigenvalue weighted by molar-refractivity contribution is 6.17. The first-order chi connectivity index (χ1) is 21.7. The van der Waals surface area contributed by atoms with E-state index >= 15 is 0 Å². The molecule has 246 valence electrons. The van der Waals surface area contributed by atoms with Crippen molar-refractivity contribution in [1.29, 1.82) is 10.5 Å². The monoisotopic (exact) mass is 660 g/mol. The number of anilines is 2. The summed E-state index contributed by atoms with van der Waals surface area (Å²) in [5, 5.41) is 18.2. The number of amides is 6. The Morgan fingerprint density at radius 3 is 1.32 bits per heavy atom. The molecule has 2 saturated heterocycles. The van der Waals surface area contributed by atoms with E-state index in [1.54, 1.807) is 0 Å². The van der Waals surface area contributed by atoms with Gasteiger partial charge in [0.15, 0.2) is 0 Å². The number of alkyl halides is 6. The molecule has 47 heavy (non-hydrogen) atoms. The molecule has 1 aliphatic carbocycles. The van der Waals surface area contributed by atoms with Gasteiger partial charge in [-0.1, -0.05) is 0 Å². The Labute approximate surface area is 264 Å². The lowest BCUT2D eigenvalue weighted by Crippen LogP contribution is -2.44. The summed E-state index contributed by atoms with van der Waals surface area (Å²) in [6.45, 7) is 5.17. The van der Waals surface area contributed by atoms with Crippen molar-refractivity contribution in [2.75, 3.05) is 22.9 Å². The fourth-order valence-corrected chi connectivity index (χ4v) is 6.17. The van der Waals surface area contributed by atoms with E-state index in [4.69, 9.17) is 10.5 Å². The Morgan fingerprint density at radius 2 is 1.02 bits per heavy atom. The zero-order chi connectivity index (χ0) is 35.0. The predicted octanol–water partition coefficient (Wildman–Crippen LogP) is 5.90. The minimum Gasteiger partial charge on any atom is -0.279 e. The van der Waals surface area contributed by atoms with E-state index in [0.29, 0.717) is 18.6 Å². The maximum Gasteiger partial charge on any atom is 0.417 e. The SMILES string of the molecule is CC1(C)C(=O)N(C[C@@H]2C[C@H]2CN2C(=O)N(c3ccc(C#N)c(C(F)(F)F)c3)C(C)(C)C2=O)C(=O)N1c1ccc(C#N)c(C(F)(F)F)c1. The number of hydrogen-bond acceptors (Lipinski definition) is 6. The van der Waals surface area contributed by atoms with Gasteiger partial charge in [0.1, 0.15) is 11.1 Å². The number of imide groups is 2. The van der Waals surface area contributed by atoms with E-state index in [2.05, 4.69) is 0 Å². The molecule has 0 radical (unpaired) electrons. The second kappa shape index (κ2) is 10.7. The van der Waals surface area contributed by atoms with Gasteiger partial charge in [0.05, 0.1) is 34.4 Å². The second-order valence-electron chi connectivity index (χ2n) is 12.6. The largest absolute Gasteiger partial charge is 0.417 e. The van der Waals surface area contributed by atoms with Crippen molar-refractivity contribution in [3.8, 4) is 12.1 Å². The third-order valence-electron chi connectivity index (χ3n) is 8.78. The number of halogens is 6. The quantitative estimate of drug-likeness (QED) is 0.281. The number of nitriles is 2. The molecule has 5 rings (SSSR count). The van der Waals surface area contributed by atoms with E-state index in [-0.39, 0.29) is 36.3 Å². The first-order valence-electron chi connectivity index (χ1n) is 14.2. The lowest BCUT2D eigenvalue weighted by molar-refractivity contribution is -0.138. The number of hydrogen-bond donors (Lipinski definition) is 0. The van der Waals surface area contributed by atoms with Gasteiger partial charge in [-0.15, -0.1) is 0 Å². The molecule has 0 spiro atoms. The molecule has 0 bridgehead atoms. The van der Waals surface area contributed by atoms with Gasteiger partial charge in [0.2, 0.25) is 0 Å². The highest BCUT2D eigenvalue weighted by Gasteiger charge is 2.57. The molecule has 2 aromatic carbocycles. The number of carbonyl (C=O) groups is 4. The van der Waals surface area contributed by atoms with Crippen LogP contribution in [0.5, 0.6) is 0 Å². The van der Waals surface area contributed by atoms with Crippen molar-refractivity contribution >= 4 is 35.3 Å². The molecule has 3 aliphatic rings. The molecular formula is C31H26F6N6O4. The molecule has 16 heteroatoms. The first-order valence-corrected chi connectivity index (χ1v) is 14.2. The summed E-state index contributed by atoms with van der Waals surface area (Å²) in [7, 11) is 0. The number of rotatable bonds is 6. The maximum absolute atomic E-state index is 13.6. The van der Waals surface area contributed by atoms with E-state index in [9.17, 15) is 45.5 Å². The summed E-state index contributed by atoms with van der Waals surface area (Å²) in [4.78, 5) is 57.2. The van der Waals surface area contributed by atoms with Crippen LogP contribution in [0, 0.1) is 34.5 Å². The maximum atomic E-state index is 13.6. The summed E-state index contributed by atoms with van der Waals surface area (Å²) in [5.41, 5.74) is -7.46. The second-order valence-corrected chi connectivity index (χ2v) is 12.6. The normalized spacial score (nSPS) is 22.2. The van der Waals surface area contributed by atoms with Gasteiger partial charge in [0, 0.05) is 24.5 Å². The molecule has 1 saturated carbocycles. The van der Waals surface area contributed by atoms with Gasteiger partial charge in [0.25, 0.3) is 11.8 Å². The average Bonchev–Trinajstić information content (AvgIpc) is 3.66. The molecule has 6 amide bonds.